The summed E-state index contributed by atoms with van der Waals surface area (Å²) in [6, 6.07) is 4.53. The van der Waals surface area contributed by atoms with Gasteiger partial charge in [-0.1, -0.05) is 6.07 Å². The lowest BCUT2D eigenvalue weighted by atomic mass is 10.2. The Balaban J connectivity index is 2.08. The molecule has 2 N–H and O–H groups in total. The molecule has 0 aromatic heterocycles. The maximum Gasteiger partial charge on any atom is 0.263 e. The highest BCUT2D eigenvalue weighted by Gasteiger charge is 2.25. The minimum atomic E-state index is -0.620. The van der Waals surface area contributed by atoms with Gasteiger partial charge in [0.15, 0.2) is 6.10 Å². The van der Waals surface area contributed by atoms with E-state index in [4.69, 9.17) is 10.5 Å². The summed E-state index contributed by atoms with van der Waals surface area (Å²) < 4.78 is 19.1. The zero-order valence-corrected chi connectivity index (χ0v) is 11.1. The Bertz CT molecular complexity index is 459. The first kappa shape index (κ1) is 13.8. The van der Waals surface area contributed by atoms with Gasteiger partial charge in [-0.3, -0.25) is 4.79 Å². The Morgan fingerprint density at radius 3 is 2.79 bits per heavy atom. The Hall–Kier alpha value is -1.62. The molecule has 1 saturated heterocycles. The van der Waals surface area contributed by atoms with Crippen LogP contribution >= 0.6 is 0 Å². The van der Waals surface area contributed by atoms with Crippen molar-refractivity contribution in [2.24, 2.45) is 5.73 Å². The number of hydrogen-bond acceptors (Lipinski definition) is 3. The van der Waals surface area contributed by atoms with E-state index in [2.05, 4.69) is 0 Å². The number of nitrogens with zero attached hydrogens (tertiary/aromatic N) is 1. The average Bonchev–Trinajstić information content (AvgIpc) is 2.92. The number of hydrogen-bond donors (Lipinski definition) is 1. The molecule has 1 aliphatic rings. The van der Waals surface area contributed by atoms with E-state index in [-0.39, 0.29) is 12.5 Å². The Morgan fingerprint density at radius 1 is 1.47 bits per heavy atom. The molecule has 0 radical (unpaired) electrons. The lowest BCUT2D eigenvalue weighted by Gasteiger charge is -2.22. The van der Waals surface area contributed by atoms with E-state index in [1.165, 1.54) is 6.07 Å². The fourth-order valence-electron chi connectivity index (χ4n) is 2.28. The zero-order chi connectivity index (χ0) is 13.8. The standard InChI is InChI=1S/C14H19FN2O2/c1-10(14(18)17-7-2-3-8-17)19-13-6-4-5-12(15)11(13)9-16/h4-6,10H,2-3,7-9,16H2,1H3. The van der Waals surface area contributed by atoms with Gasteiger partial charge in [-0.25, -0.2) is 4.39 Å². The highest BCUT2D eigenvalue weighted by Crippen LogP contribution is 2.23. The van der Waals surface area contributed by atoms with Crippen molar-refractivity contribution in [3.05, 3.63) is 29.6 Å². The van der Waals surface area contributed by atoms with Crippen LogP contribution in [0.2, 0.25) is 0 Å². The zero-order valence-electron chi connectivity index (χ0n) is 11.1. The van der Waals surface area contributed by atoms with Crippen molar-refractivity contribution in [1.29, 1.82) is 0 Å². The van der Waals surface area contributed by atoms with Crippen LogP contribution in [0.15, 0.2) is 18.2 Å². The quantitative estimate of drug-likeness (QED) is 0.902. The molecule has 1 aromatic carbocycles. The summed E-state index contributed by atoms with van der Waals surface area (Å²) in [6.07, 6.45) is 1.45. The van der Waals surface area contributed by atoms with Gasteiger partial charge in [0.25, 0.3) is 5.91 Å². The molecule has 0 aliphatic carbocycles. The number of likely N-dealkylation sites (tertiary alicyclic amines) is 1. The van der Waals surface area contributed by atoms with E-state index in [1.54, 1.807) is 24.0 Å². The molecule has 1 heterocycles. The van der Waals surface area contributed by atoms with Crippen LogP contribution in [0.1, 0.15) is 25.3 Å². The van der Waals surface area contributed by atoms with Gasteiger partial charge >= 0.3 is 0 Å². The van der Waals surface area contributed by atoms with E-state index in [9.17, 15) is 9.18 Å². The van der Waals surface area contributed by atoms with Gasteiger partial charge in [0.1, 0.15) is 11.6 Å². The summed E-state index contributed by atoms with van der Waals surface area (Å²) in [5.74, 6) is -0.104. The van der Waals surface area contributed by atoms with Crippen LogP contribution in [0.25, 0.3) is 0 Å². The molecule has 4 nitrogen and oxygen atoms in total. The van der Waals surface area contributed by atoms with Gasteiger partial charge in [0.2, 0.25) is 0 Å². The second kappa shape index (κ2) is 6.02. The first-order chi connectivity index (χ1) is 9.13. The number of rotatable bonds is 4. The highest BCUT2D eigenvalue weighted by molar-refractivity contribution is 5.81. The Labute approximate surface area is 112 Å². The number of carbonyl (C=O) groups is 1. The molecule has 0 bridgehead atoms. The number of carbonyl (C=O) groups excluding carboxylic acids is 1. The lowest BCUT2D eigenvalue weighted by Crippen LogP contribution is -2.38. The van der Waals surface area contributed by atoms with E-state index >= 15 is 0 Å². The first-order valence-electron chi connectivity index (χ1n) is 6.56. The summed E-state index contributed by atoms with van der Waals surface area (Å²) in [5.41, 5.74) is 5.82. The largest absolute Gasteiger partial charge is 0.480 e. The van der Waals surface area contributed by atoms with Gasteiger partial charge < -0.3 is 15.4 Å². The van der Waals surface area contributed by atoms with Gasteiger partial charge in [-0.15, -0.1) is 0 Å². The van der Waals surface area contributed by atoms with Gasteiger partial charge in [0.05, 0.1) is 0 Å². The van der Waals surface area contributed by atoms with Gasteiger partial charge in [-0.2, -0.15) is 0 Å². The molecule has 0 saturated carbocycles. The smallest absolute Gasteiger partial charge is 0.263 e. The van der Waals surface area contributed by atoms with E-state index < -0.39 is 11.9 Å². The van der Waals surface area contributed by atoms with Crippen LogP contribution in [-0.4, -0.2) is 30.0 Å². The number of amides is 1. The van der Waals surface area contributed by atoms with Crippen molar-refractivity contribution in [2.45, 2.75) is 32.4 Å². The van der Waals surface area contributed by atoms with Crippen molar-refractivity contribution in [1.82, 2.24) is 4.90 Å². The fraction of sp³-hybridized carbons (Fsp3) is 0.500. The fourth-order valence-corrected chi connectivity index (χ4v) is 2.28. The minimum Gasteiger partial charge on any atom is -0.480 e. The molecule has 1 fully saturated rings. The maximum atomic E-state index is 13.5. The number of ether oxygens (including phenoxy) is 1. The molecule has 2 rings (SSSR count). The number of halogens is 1. The van der Waals surface area contributed by atoms with E-state index in [0.717, 1.165) is 25.9 Å². The summed E-state index contributed by atoms with van der Waals surface area (Å²) in [7, 11) is 0. The van der Waals surface area contributed by atoms with Crippen molar-refractivity contribution in [3.63, 3.8) is 0 Å². The topological polar surface area (TPSA) is 55.6 Å². The summed E-state index contributed by atoms with van der Waals surface area (Å²) in [6.45, 7) is 3.29. The van der Waals surface area contributed by atoms with Crippen LogP contribution in [-0.2, 0) is 11.3 Å². The summed E-state index contributed by atoms with van der Waals surface area (Å²) >= 11 is 0. The van der Waals surface area contributed by atoms with Crippen LogP contribution in [0.3, 0.4) is 0 Å². The Morgan fingerprint density at radius 2 is 2.16 bits per heavy atom. The molecule has 1 unspecified atom stereocenters. The predicted octanol–water partition coefficient (Wildman–Crippen LogP) is 1.67. The molecule has 0 spiro atoms. The molecule has 19 heavy (non-hydrogen) atoms. The van der Waals surface area contributed by atoms with Crippen LogP contribution in [0.4, 0.5) is 4.39 Å². The molecule has 1 amide bonds. The molecular weight excluding hydrogens is 247 g/mol. The maximum absolute atomic E-state index is 13.5. The normalized spacial score (nSPS) is 16.5. The molecule has 104 valence electrons. The SMILES string of the molecule is CC(Oc1cccc(F)c1CN)C(=O)N1CCCC1. The van der Waals surface area contributed by atoms with E-state index in [1.807, 2.05) is 0 Å². The second-order valence-electron chi connectivity index (χ2n) is 4.71. The van der Waals surface area contributed by atoms with E-state index in [0.29, 0.717) is 11.3 Å². The highest BCUT2D eigenvalue weighted by atomic mass is 19.1. The molecule has 1 aliphatic heterocycles. The molecule has 1 atom stereocenters. The van der Waals surface area contributed by atoms with Crippen molar-refractivity contribution in [2.75, 3.05) is 13.1 Å². The van der Waals surface area contributed by atoms with Crippen LogP contribution in [0.5, 0.6) is 5.75 Å². The number of benzene rings is 1. The van der Waals surface area contributed by atoms with Crippen molar-refractivity contribution in [3.8, 4) is 5.75 Å². The van der Waals surface area contributed by atoms with Gasteiger partial charge in [0, 0.05) is 25.2 Å². The monoisotopic (exact) mass is 266 g/mol. The van der Waals surface area contributed by atoms with Crippen LogP contribution < -0.4 is 10.5 Å². The summed E-state index contributed by atoms with van der Waals surface area (Å²) in [5, 5.41) is 0. The predicted molar refractivity (Wildman–Crippen MR) is 70.2 cm³/mol. The second-order valence-corrected chi connectivity index (χ2v) is 4.71. The Kier molecular flexibility index (Phi) is 4.37. The number of nitrogens with two attached hydrogens (primary N) is 1. The van der Waals surface area contributed by atoms with Gasteiger partial charge in [-0.05, 0) is 31.9 Å². The third-order valence-electron chi connectivity index (χ3n) is 3.35. The summed E-state index contributed by atoms with van der Waals surface area (Å²) in [4.78, 5) is 13.9. The first-order valence-corrected chi connectivity index (χ1v) is 6.56. The minimum absolute atomic E-state index is 0.0482. The van der Waals surface area contributed by atoms with Crippen LogP contribution in [0, 0.1) is 5.82 Å². The third-order valence-corrected chi connectivity index (χ3v) is 3.35. The van der Waals surface area contributed by atoms with Crippen molar-refractivity contribution < 1.29 is 13.9 Å². The molecule has 1 aromatic rings. The third kappa shape index (κ3) is 3.04. The molecular formula is C14H19FN2O2. The molecule has 5 heteroatoms. The lowest BCUT2D eigenvalue weighted by molar-refractivity contribution is -0.136. The van der Waals surface area contributed by atoms with Crippen molar-refractivity contribution >= 4 is 5.91 Å². The average molecular weight is 266 g/mol.